The summed E-state index contributed by atoms with van der Waals surface area (Å²) in [7, 11) is 0. The van der Waals surface area contributed by atoms with E-state index in [-0.39, 0.29) is 29.7 Å². The molecule has 0 radical (unpaired) electrons. The van der Waals surface area contributed by atoms with Gasteiger partial charge in [0.05, 0.1) is 11.5 Å². The monoisotopic (exact) mass is 423 g/mol. The lowest BCUT2D eigenvalue weighted by Gasteiger charge is -2.23. The summed E-state index contributed by atoms with van der Waals surface area (Å²) in [6, 6.07) is 16.3. The van der Waals surface area contributed by atoms with Crippen LogP contribution >= 0.6 is 11.6 Å². The van der Waals surface area contributed by atoms with Crippen molar-refractivity contribution in [1.29, 1.82) is 0 Å². The van der Waals surface area contributed by atoms with Gasteiger partial charge >= 0.3 is 0 Å². The van der Waals surface area contributed by atoms with E-state index in [2.05, 4.69) is 25.9 Å². The number of aromatic amines is 1. The molecule has 4 rings (SSSR count). The molecule has 2 aromatic carbocycles. The van der Waals surface area contributed by atoms with Crippen LogP contribution in [0.2, 0.25) is 5.02 Å². The molecule has 4 N–H and O–H groups in total. The summed E-state index contributed by atoms with van der Waals surface area (Å²) in [5, 5.41) is 8.82. The van der Waals surface area contributed by atoms with Gasteiger partial charge in [-0.05, 0) is 23.8 Å². The molecular weight excluding hydrogens is 406 g/mol. The van der Waals surface area contributed by atoms with Gasteiger partial charge in [0.2, 0.25) is 17.8 Å². The van der Waals surface area contributed by atoms with Crippen LogP contribution in [-0.2, 0) is 16.1 Å². The van der Waals surface area contributed by atoms with Crippen LogP contribution in [0.5, 0.6) is 0 Å². The van der Waals surface area contributed by atoms with E-state index in [0.717, 1.165) is 5.56 Å². The maximum atomic E-state index is 12.7. The number of amides is 2. The highest BCUT2D eigenvalue weighted by Gasteiger charge is 2.34. The second-order valence-corrected chi connectivity index (χ2v) is 7.26. The van der Waals surface area contributed by atoms with Gasteiger partial charge in [0.25, 0.3) is 5.56 Å². The van der Waals surface area contributed by atoms with Crippen molar-refractivity contribution in [2.45, 2.75) is 18.9 Å². The first-order chi connectivity index (χ1) is 14.5. The van der Waals surface area contributed by atoms with E-state index >= 15 is 0 Å². The summed E-state index contributed by atoms with van der Waals surface area (Å²) in [6.45, 7) is 0.298. The normalized spacial score (nSPS) is 15.1. The molecular formula is C21H18ClN5O3. The minimum absolute atomic E-state index is 0.0689. The molecule has 0 unspecified atom stereocenters. The molecule has 0 fully saturated rings. The predicted molar refractivity (Wildman–Crippen MR) is 114 cm³/mol. The molecule has 3 aromatic rings. The number of rotatable bonds is 5. The molecule has 1 atom stereocenters. The van der Waals surface area contributed by atoms with Crippen LogP contribution in [0.3, 0.4) is 0 Å². The molecule has 152 valence electrons. The Hall–Kier alpha value is -3.65. The number of hydrogen-bond acceptors (Lipinski definition) is 5. The topological polar surface area (TPSA) is 116 Å². The van der Waals surface area contributed by atoms with Gasteiger partial charge < -0.3 is 16.0 Å². The van der Waals surface area contributed by atoms with Crippen molar-refractivity contribution < 1.29 is 9.59 Å². The maximum Gasteiger partial charge on any atom is 0.258 e. The molecule has 0 saturated heterocycles. The van der Waals surface area contributed by atoms with E-state index in [9.17, 15) is 14.4 Å². The van der Waals surface area contributed by atoms with E-state index in [1.807, 2.05) is 30.3 Å². The summed E-state index contributed by atoms with van der Waals surface area (Å²) >= 11 is 5.97. The zero-order valence-electron chi connectivity index (χ0n) is 15.7. The SMILES string of the molecule is O=C1C[C@@H](C(=O)NCc2ccccc2)c2c(nc(Nc3cccc(Cl)c3)[nH]c2=O)N1. The first-order valence-electron chi connectivity index (χ1n) is 9.28. The van der Waals surface area contributed by atoms with Crippen LogP contribution < -0.4 is 21.5 Å². The van der Waals surface area contributed by atoms with Crippen molar-refractivity contribution in [3.05, 3.63) is 81.1 Å². The van der Waals surface area contributed by atoms with Crippen molar-refractivity contribution in [3.8, 4) is 0 Å². The third kappa shape index (κ3) is 4.33. The van der Waals surface area contributed by atoms with Crippen LogP contribution in [0.1, 0.15) is 23.5 Å². The fourth-order valence-electron chi connectivity index (χ4n) is 3.27. The quantitative estimate of drug-likeness (QED) is 0.503. The number of aromatic nitrogens is 2. The fraction of sp³-hybridized carbons (Fsp3) is 0.143. The summed E-state index contributed by atoms with van der Waals surface area (Å²) in [4.78, 5) is 44.6. The minimum Gasteiger partial charge on any atom is -0.351 e. The van der Waals surface area contributed by atoms with Gasteiger partial charge in [-0.15, -0.1) is 0 Å². The number of anilines is 3. The Morgan fingerprint density at radius 3 is 2.70 bits per heavy atom. The van der Waals surface area contributed by atoms with Gasteiger partial charge in [-0.3, -0.25) is 19.4 Å². The molecule has 1 aliphatic rings. The second-order valence-electron chi connectivity index (χ2n) is 6.82. The average Bonchev–Trinajstić information content (AvgIpc) is 2.72. The highest BCUT2D eigenvalue weighted by atomic mass is 35.5. The first-order valence-corrected chi connectivity index (χ1v) is 9.65. The average molecular weight is 424 g/mol. The Morgan fingerprint density at radius 2 is 1.93 bits per heavy atom. The van der Waals surface area contributed by atoms with Gasteiger partial charge in [-0.1, -0.05) is 48.0 Å². The Morgan fingerprint density at radius 1 is 1.13 bits per heavy atom. The Labute approximate surface area is 176 Å². The number of nitrogens with zero attached hydrogens (tertiary/aromatic N) is 1. The Balaban J connectivity index is 1.58. The van der Waals surface area contributed by atoms with E-state index in [0.29, 0.717) is 17.3 Å². The molecule has 1 aromatic heterocycles. The van der Waals surface area contributed by atoms with E-state index < -0.39 is 17.4 Å². The van der Waals surface area contributed by atoms with Crippen molar-refractivity contribution >= 4 is 40.9 Å². The minimum atomic E-state index is -0.922. The van der Waals surface area contributed by atoms with Gasteiger partial charge in [-0.25, -0.2) is 0 Å². The van der Waals surface area contributed by atoms with Crippen LogP contribution in [-0.4, -0.2) is 21.8 Å². The fourth-order valence-corrected chi connectivity index (χ4v) is 3.46. The molecule has 1 aliphatic heterocycles. The number of fused-ring (bicyclic) bond motifs is 1. The number of hydrogen-bond donors (Lipinski definition) is 4. The second kappa shape index (κ2) is 8.38. The zero-order valence-corrected chi connectivity index (χ0v) is 16.5. The van der Waals surface area contributed by atoms with Gasteiger partial charge in [-0.2, -0.15) is 4.98 Å². The third-order valence-corrected chi connectivity index (χ3v) is 4.90. The van der Waals surface area contributed by atoms with Crippen LogP contribution in [0, 0.1) is 0 Å². The Kier molecular flexibility index (Phi) is 5.49. The van der Waals surface area contributed by atoms with Crippen molar-refractivity contribution in [3.63, 3.8) is 0 Å². The summed E-state index contributed by atoms with van der Waals surface area (Å²) in [5.41, 5.74) is 1.17. The molecule has 8 nitrogen and oxygen atoms in total. The maximum absolute atomic E-state index is 12.7. The van der Waals surface area contributed by atoms with Crippen LogP contribution in [0.25, 0.3) is 0 Å². The number of halogens is 1. The van der Waals surface area contributed by atoms with Gasteiger partial charge in [0.1, 0.15) is 5.82 Å². The van der Waals surface area contributed by atoms with Crippen LogP contribution in [0.15, 0.2) is 59.4 Å². The molecule has 0 aliphatic carbocycles. The number of carbonyl (C=O) groups excluding carboxylic acids is 2. The smallest absolute Gasteiger partial charge is 0.258 e. The standard InChI is InChI=1S/C21H18ClN5O3/c22-13-7-4-8-14(9-13)24-21-26-18-17(20(30)27-21)15(10-16(28)25-18)19(29)23-11-12-5-2-1-3-6-12/h1-9,15H,10-11H2,(H,23,29)(H3,24,25,26,27,28,30)/t15-/m1/s1. The van der Waals surface area contributed by atoms with Crippen molar-refractivity contribution in [2.75, 3.05) is 10.6 Å². The van der Waals surface area contributed by atoms with Gasteiger partial charge in [0, 0.05) is 23.7 Å². The highest BCUT2D eigenvalue weighted by Crippen LogP contribution is 2.29. The van der Waals surface area contributed by atoms with Crippen molar-refractivity contribution in [2.24, 2.45) is 0 Å². The van der Waals surface area contributed by atoms with E-state index in [1.54, 1.807) is 24.3 Å². The molecule has 0 saturated carbocycles. The summed E-state index contributed by atoms with van der Waals surface area (Å²) < 4.78 is 0. The summed E-state index contributed by atoms with van der Waals surface area (Å²) in [6.07, 6.45) is -0.126. The largest absolute Gasteiger partial charge is 0.351 e. The van der Waals surface area contributed by atoms with Gasteiger partial charge in [0.15, 0.2) is 0 Å². The number of carbonyl (C=O) groups is 2. The molecule has 0 spiro atoms. The number of H-pyrrole nitrogens is 1. The summed E-state index contributed by atoms with van der Waals surface area (Å²) in [5.74, 6) is -1.51. The molecule has 30 heavy (non-hydrogen) atoms. The number of benzene rings is 2. The highest BCUT2D eigenvalue weighted by molar-refractivity contribution is 6.30. The molecule has 0 bridgehead atoms. The third-order valence-electron chi connectivity index (χ3n) is 4.66. The lowest BCUT2D eigenvalue weighted by Crippen LogP contribution is -2.39. The Bertz CT molecular complexity index is 1160. The van der Waals surface area contributed by atoms with Crippen molar-refractivity contribution in [1.82, 2.24) is 15.3 Å². The predicted octanol–water partition coefficient (Wildman–Crippen LogP) is 2.91. The lowest BCUT2D eigenvalue weighted by atomic mass is 9.92. The molecule has 2 heterocycles. The number of nitrogens with one attached hydrogen (secondary N) is 4. The zero-order chi connectivity index (χ0) is 21.1. The van der Waals surface area contributed by atoms with E-state index in [4.69, 9.17) is 11.6 Å². The lowest BCUT2D eigenvalue weighted by molar-refractivity contribution is -0.126. The van der Waals surface area contributed by atoms with Crippen LogP contribution in [0.4, 0.5) is 17.5 Å². The van der Waals surface area contributed by atoms with E-state index in [1.165, 1.54) is 0 Å². The molecule has 2 amide bonds. The first kappa shape index (κ1) is 19.7. The molecule has 9 heteroatoms.